The smallest absolute Gasteiger partial charge is 0.262 e. The second-order valence-electron chi connectivity index (χ2n) is 7.21. The molecule has 2 N–H and O–H groups in total. The first-order valence-electron chi connectivity index (χ1n) is 10.2. The molecule has 0 heterocycles. The first kappa shape index (κ1) is 22.5. The largest absolute Gasteiger partial charge is 0.490 e. The number of hydrogen-bond donors (Lipinski definition) is 2. The van der Waals surface area contributed by atoms with Crippen molar-refractivity contribution in [3.05, 3.63) is 82.4 Å². The molecule has 0 spiro atoms. The Kier molecular flexibility index (Phi) is 7.79. The Hall–Kier alpha value is -3.18. The molecule has 3 rings (SSSR count). The average molecular weight is 439 g/mol. The normalized spacial score (nSPS) is 10.5. The van der Waals surface area contributed by atoms with Crippen molar-refractivity contribution in [2.24, 2.45) is 0 Å². The number of nitrogens with one attached hydrogen (secondary N) is 2. The third-order valence-corrected chi connectivity index (χ3v) is 4.93. The van der Waals surface area contributed by atoms with Gasteiger partial charge in [0.2, 0.25) is 0 Å². The van der Waals surface area contributed by atoms with Crippen LogP contribution in [0.5, 0.6) is 11.5 Å². The molecule has 0 saturated carbocycles. The van der Waals surface area contributed by atoms with Crippen LogP contribution in [0.15, 0.2) is 60.7 Å². The molecule has 0 aliphatic carbocycles. The van der Waals surface area contributed by atoms with Crippen molar-refractivity contribution in [2.75, 3.05) is 23.8 Å². The summed E-state index contributed by atoms with van der Waals surface area (Å²) >= 11 is 6.48. The number of anilines is 2. The van der Waals surface area contributed by atoms with Crippen LogP contribution in [0.3, 0.4) is 0 Å². The quantitative estimate of drug-likeness (QED) is 0.431. The van der Waals surface area contributed by atoms with Crippen LogP contribution in [0.25, 0.3) is 0 Å². The van der Waals surface area contributed by atoms with Gasteiger partial charge in [-0.1, -0.05) is 41.9 Å². The van der Waals surface area contributed by atoms with Crippen molar-refractivity contribution in [2.45, 2.75) is 27.3 Å². The highest BCUT2D eigenvalue weighted by atomic mass is 35.5. The predicted octanol–water partition coefficient (Wildman–Crippen LogP) is 5.99. The number of hydrogen-bond acceptors (Lipinski definition) is 4. The fourth-order valence-electron chi connectivity index (χ4n) is 3.15. The molecule has 0 radical (unpaired) electrons. The van der Waals surface area contributed by atoms with Crippen molar-refractivity contribution in [3.8, 4) is 11.5 Å². The van der Waals surface area contributed by atoms with Crippen LogP contribution >= 0.6 is 11.6 Å². The molecule has 0 unspecified atom stereocenters. The van der Waals surface area contributed by atoms with E-state index in [1.54, 1.807) is 0 Å². The van der Waals surface area contributed by atoms with Gasteiger partial charge >= 0.3 is 0 Å². The lowest BCUT2D eigenvalue weighted by molar-refractivity contribution is -0.118. The summed E-state index contributed by atoms with van der Waals surface area (Å²) in [6, 6.07) is 19.4. The molecule has 3 aromatic rings. The number of ether oxygens (including phenoxy) is 2. The van der Waals surface area contributed by atoms with Crippen LogP contribution in [0, 0.1) is 13.8 Å². The summed E-state index contributed by atoms with van der Waals surface area (Å²) in [7, 11) is 0. The number of aryl methyl sites for hydroxylation is 2. The van der Waals surface area contributed by atoms with Gasteiger partial charge in [0.15, 0.2) is 18.1 Å². The summed E-state index contributed by atoms with van der Waals surface area (Å²) in [4.78, 5) is 12.3. The van der Waals surface area contributed by atoms with Crippen LogP contribution in [0.2, 0.25) is 5.02 Å². The Bertz CT molecular complexity index is 1050. The Labute approximate surface area is 188 Å². The Balaban J connectivity index is 1.68. The predicted molar refractivity (Wildman–Crippen MR) is 126 cm³/mol. The number of amides is 1. The van der Waals surface area contributed by atoms with Gasteiger partial charge < -0.3 is 20.1 Å². The zero-order valence-electron chi connectivity index (χ0n) is 18.0. The number of halogens is 1. The molecule has 5 nitrogen and oxygen atoms in total. The molecule has 0 bridgehead atoms. The van der Waals surface area contributed by atoms with Crippen LogP contribution < -0.4 is 20.1 Å². The average Bonchev–Trinajstić information content (AvgIpc) is 2.73. The van der Waals surface area contributed by atoms with E-state index in [0.717, 1.165) is 22.5 Å². The third kappa shape index (κ3) is 6.40. The molecule has 0 saturated heterocycles. The molecule has 0 aliphatic heterocycles. The van der Waals surface area contributed by atoms with Crippen LogP contribution in [-0.2, 0) is 11.3 Å². The van der Waals surface area contributed by atoms with Gasteiger partial charge in [-0.25, -0.2) is 0 Å². The van der Waals surface area contributed by atoms with Crippen LogP contribution in [0.4, 0.5) is 11.4 Å². The van der Waals surface area contributed by atoms with Crippen LogP contribution in [0.1, 0.15) is 23.6 Å². The van der Waals surface area contributed by atoms with E-state index < -0.39 is 0 Å². The number of carbonyl (C=O) groups excluding carboxylic acids is 1. The number of benzene rings is 3. The minimum absolute atomic E-state index is 0.172. The lowest BCUT2D eigenvalue weighted by Gasteiger charge is -2.16. The van der Waals surface area contributed by atoms with Gasteiger partial charge in [-0.05, 0) is 67.8 Å². The van der Waals surface area contributed by atoms with Crippen molar-refractivity contribution < 1.29 is 14.3 Å². The highest BCUT2D eigenvalue weighted by Crippen LogP contribution is 2.37. The topological polar surface area (TPSA) is 59.6 Å². The Morgan fingerprint density at radius 3 is 2.55 bits per heavy atom. The Morgan fingerprint density at radius 2 is 1.81 bits per heavy atom. The molecular formula is C25H27ClN2O3. The number of para-hydroxylation sites is 1. The molecular weight excluding hydrogens is 412 g/mol. The molecule has 3 aromatic carbocycles. The van der Waals surface area contributed by atoms with Crippen molar-refractivity contribution in [3.63, 3.8) is 0 Å². The third-order valence-electron chi connectivity index (χ3n) is 4.65. The molecule has 0 aliphatic rings. The van der Waals surface area contributed by atoms with E-state index in [2.05, 4.69) is 23.6 Å². The van der Waals surface area contributed by atoms with E-state index in [0.29, 0.717) is 29.7 Å². The summed E-state index contributed by atoms with van der Waals surface area (Å²) in [6.07, 6.45) is 0. The summed E-state index contributed by atoms with van der Waals surface area (Å²) in [6.45, 7) is 6.78. The zero-order valence-corrected chi connectivity index (χ0v) is 18.8. The lowest BCUT2D eigenvalue weighted by Crippen LogP contribution is -2.20. The molecule has 0 fully saturated rings. The van der Waals surface area contributed by atoms with E-state index in [1.807, 2.05) is 68.4 Å². The zero-order chi connectivity index (χ0) is 22.2. The number of rotatable bonds is 9. The fraction of sp³-hybridized carbons (Fsp3) is 0.240. The van der Waals surface area contributed by atoms with Gasteiger partial charge in [0.05, 0.1) is 11.6 Å². The lowest BCUT2D eigenvalue weighted by atomic mass is 10.1. The molecule has 0 aromatic heterocycles. The van der Waals surface area contributed by atoms with Crippen molar-refractivity contribution in [1.29, 1.82) is 0 Å². The van der Waals surface area contributed by atoms with Gasteiger partial charge in [0.1, 0.15) is 0 Å². The molecule has 0 atom stereocenters. The maximum Gasteiger partial charge on any atom is 0.262 e. The van der Waals surface area contributed by atoms with E-state index in [9.17, 15) is 4.79 Å². The van der Waals surface area contributed by atoms with Crippen molar-refractivity contribution >= 4 is 28.9 Å². The van der Waals surface area contributed by atoms with Gasteiger partial charge in [0.25, 0.3) is 5.91 Å². The fourth-order valence-corrected chi connectivity index (χ4v) is 3.44. The first-order valence-corrected chi connectivity index (χ1v) is 10.6. The van der Waals surface area contributed by atoms with Crippen LogP contribution in [-0.4, -0.2) is 19.1 Å². The summed E-state index contributed by atoms with van der Waals surface area (Å²) < 4.78 is 11.5. The molecule has 162 valence electrons. The Morgan fingerprint density at radius 1 is 1.00 bits per heavy atom. The summed E-state index contributed by atoms with van der Waals surface area (Å²) in [5.74, 6) is 0.608. The van der Waals surface area contributed by atoms with E-state index >= 15 is 0 Å². The first-order chi connectivity index (χ1) is 15.0. The van der Waals surface area contributed by atoms with Gasteiger partial charge in [-0.2, -0.15) is 0 Å². The minimum Gasteiger partial charge on any atom is -0.490 e. The summed E-state index contributed by atoms with van der Waals surface area (Å²) in [5.41, 5.74) is 4.97. The van der Waals surface area contributed by atoms with Crippen molar-refractivity contribution in [1.82, 2.24) is 0 Å². The van der Waals surface area contributed by atoms with Gasteiger partial charge in [0, 0.05) is 17.9 Å². The van der Waals surface area contributed by atoms with Gasteiger partial charge in [-0.3, -0.25) is 4.79 Å². The highest BCUT2D eigenvalue weighted by Gasteiger charge is 2.15. The number of carbonyl (C=O) groups is 1. The van der Waals surface area contributed by atoms with E-state index in [-0.39, 0.29) is 12.5 Å². The van der Waals surface area contributed by atoms with E-state index in [4.69, 9.17) is 21.1 Å². The minimum atomic E-state index is -0.269. The molecule has 31 heavy (non-hydrogen) atoms. The maximum atomic E-state index is 12.3. The summed E-state index contributed by atoms with van der Waals surface area (Å²) in [5, 5.41) is 6.63. The maximum absolute atomic E-state index is 12.3. The standard InChI is InChI=1S/C25H27ClN2O3/c1-4-30-23-14-19(15-27-22-11-6-5-9-18(22)3)13-21(26)25(23)31-16-24(29)28-20-10-7-8-17(2)12-20/h5-14,27H,4,15-16H2,1-3H3,(H,28,29). The monoisotopic (exact) mass is 438 g/mol. The van der Waals surface area contributed by atoms with Gasteiger partial charge in [-0.15, -0.1) is 0 Å². The molecule has 6 heteroatoms. The second kappa shape index (κ2) is 10.7. The van der Waals surface area contributed by atoms with E-state index in [1.165, 1.54) is 5.56 Å². The second-order valence-corrected chi connectivity index (χ2v) is 7.62. The molecule has 1 amide bonds. The SMILES string of the molecule is CCOc1cc(CNc2ccccc2C)cc(Cl)c1OCC(=O)Nc1cccc(C)c1. The highest BCUT2D eigenvalue weighted by molar-refractivity contribution is 6.32.